The number of aromatic amines is 1. The van der Waals surface area contributed by atoms with E-state index in [-0.39, 0.29) is 12.0 Å². The van der Waals surface area contributed by atoms with Crippen molar-refractivity contribution < 1.29 is 19.1 Å². The molecule has 0 aliphatic rings. The third-order valence-electron chi connectivity index (χ3n) is 5.08. The van der Waals surface area contributed by atoms with E-state index in [0.29, 0.717) is 23.9 Å². The van der Waals surface area contributed by atoms with Crippen LogP contribution in [0.15, 0.2) is 59.0 Å². The predicted octanol–water partition coefficient (Wildman–Crippen LogP) is 3.02. The lowest BCUT2D eigenvalue weighted by Gasteiger charge is -2.12. The van der Waals surface area contributed by atoms with Gasteiger partial charge in [-0.3, -0.25) is 4.79 Å². The second-order valence-electron chi connectivity index (χ2n) is 7.25. The Balaban J connectivity index is 1.52. The van der Waals surface area contributed by atoms with Crippen molar-refractivity contribution in [2.75, 3.05) is 0 Å². The molecule has 4 aromatic rings. The third-order valence-corrected chi connectivity index (χ3v) is 5.08. The van der Waals surface area contributed by atoms with Gasteiger partial charge in [0.1, 0.15) is 23.4 Å². The van der Waals surface area contributed by atoms with Crippen LogP contribution in [-0.4, -0.2) is 33.0 Å². The minimum atomic E-state index is -1.15. The number of aryl methyl sites for hydroxylation is 1. The van der Waals surface area contributed by atoms with E-state index < -0.39 is 17.9 Å². The average molecular weight is 418 g/mol. The molecule has 4 rings (SSSR count). The first kappa shape index (κ1) is 20.4. The highest BCUT2D eigenvalue weighted by atomic mass is 16.4. The zero-order valence-electron chi connectivity index (χ0n) is 16.9. The van der Waals surface area contributed by atoms with Crippen molar-refractivity contribution in [3.8, 4) is 11.3 Å². The molecule has 0 aliphatic carbocycles. The molecule has 31 heavy (non-hydrogen) atoms. The molecule has 0 spiro atoms. The molecule has 0 saturated carbocycles. The highest BCUT2D eigenvalue weighted by Gasteiger charge is 2.25. The Bertz CT molecular complexity index is 1210. The number of benzene rings is 2. The predicted molar refractivity (Wildman–Crippen MR) is 115 cm³/mol. The monoisotopic (exact) mass is 418 g/mol. The van der Waals surface area contributed by atoms with Gasteiger partial charge in [0.15, 0.2) is 0 Å². The molecule has 0 saturated heterocycles. The largest absolute Gasteiger partial charge is 0.480 e. The van der Waals surface area contributed by atoms with Gasteiger partial charge in [0.2, 0.25) is 0 Å². The van der Waals surface area contributed by atoms with Gasteiger partial charge in [-0.05, 0) is 30.7 Å². The Kier molecular flexibility index (Phi) is 5.55. The summed E-state index contributed by atoms with van der Waals surface area (Å²) in [6.07, 6.45) is 0.0278. The summed E-state index contributed by atoms with van der Waals surface area (Å²) >= 11 is 0. The second-order valence-corrected chi connectivity index (χ2v) is 7.25. The quantitative estimate of drug-likeness (QED) is 0.364. The SMILES string of the molecule is Cc1oc(-c2ccc(CN)cc2)cc1C(=O)N[C@H](Cc1nc2ccccc2[nH]1)C(=O)O. The Morgan fingerprint density at radius 2 is 1.94 bits per heavy atom. The number of hydrogen-bond acceptors (Lipinski definition) is 5. The number of carboxylic acids is 1. The van der Waals surface area contributed by atoms with Crippen molar-refractivity contribution in [3.05, 3.63) is 77.3 Å². The summed E-state index contributed by atoms with van der Waals surface area (Å²) in [6.45, 7) is 2.11. The number of aliphatic carboxylic acids is 1. The van der Waals surface area contributed by atoms with Gasteiger partial charge >= 0.3 is 5.97 Å². The van der Waals surface area contributed by atoms with E-state index in [1.165, 1.54) is 0 Å². The molecule has 0 fully saturated rings. The molecule has 2 aromatic heterocycles. The molecule has 1 amide bonds. The molecule has 158 valence electrons. The lowest BCUT2D eigenvalue weighted by molar-refractivity contribution is -0.139. The maximum absolute atomic E-state index is 12.8. The number of furan rings is 1. The van der Waals surface area contributed by atoms with Gasteiger partial charge in [-0.2, -0.15) is 0 Å². The summed E-state index contributed by atoms with van der Waals surface area (Å²) in [6, 6.07) is 15.4. The lowest BCUT2D eigenvalue weighted by atomic mass is 10.1. The topological polar surface area (TPSA) is 134 Å². The minimum absolute atomic E-state index is 0.0278. The number of imidazole rings is 1. The summed E-state index contributed by atoms with van der Waals surface area (Å²) in [5.41, 5.74) is 9.25. The Hall–Kier alpha value is -3.91. The molecule has 2 aromatic carbocycles. The Morgan fingerprint density at radius 3 is 2.61 bits per heavy atom. The first-order valence-corrected chi connectivity index (χ1v) is 9.81. The second kappa shape index (κ2) is 8.45. The molecule has 1 atom stereocenters. The molecular formula is C23H22N4O4. The van der Waals surface area contributed by atoms with Gasteiger partial charge in [-0.15, -0.1) is 0 Å². The molecule has 8 heteroatoms. The van der Waals surface area contributed by atoms with E-state index in [2.05, 4.69) is 15.3 Å². The number of nitrogens with two attached hydrogens (primary N) is 1. The molecule has 0 unspecified atom stereocenters. The van der Waals surface area contributed by atoms with E-state index >= 15 is 0 Å². The van der Waals surface area contributed by atoms with Gasteiger partial charge in [-0.1, -0.05) is 36.4 Å². The van der Waals surface area contributed by atoms with Crippen LogP contribution in [0.25, 0.3) is 22.4 Å². The number of nitrogens with one attached hydrogen (secondary N) is 2. The molecule has 0 aliphatic heterocycles. The van der Waals surface area contributed by atoms with Crippen molar-refractivity contribution in [1.29, 1.82) is 0 Å². The molecular weight excluding hydrogens is 396 g/mol. The summed E-state index contributed by atoms with van der Waals surface area (Å²) in [4.78, 5) is 32.1. The number of amides is 1. The van der Waals surface area contributed by atoms with Gasteiger partial charge in [0.05, 0.1) is 16.6 Å². The van der Waals surface area contributed by atoms with Crippen LogP contribution in [0.1, 0.15) is 27.5 Å². The molecule has 0 bridgehead atoms. The number of para-hydroxylation sites is 2. The maximum atomic E-state index is 12.8. The maximum Gasteiger partial charge on any atom is 0.326 e. The van der Waals surface area contributed by atoms with Crippen LogP contribution in [0.2, 0.25) is 0 Å². The summed E-state index contributed by atoms with van der Waals surface area (Å²) < 4.78 is 5.74. The van der Waals surface area contributed by atoms with Crippen LogP contribution in [0.4, 0.5) is 0 Å². The highest BCUT2D eigenvalue weighted by molar-refractivity contribution is 5.98. The summed E-state index contributed by atoms with van der Waals surface area (Å²) in [5.74, 6) is -0.251. The number of carbonyl (C=O) groups excluding carboxylic acids is 1. The van der Waals surface area contributed by atoms with E-state index in [1.807, 2.05) is 48.5 Å². The fourth-order valence-corrected chi connectivity index (χ4v) is 3.39. The zero-order valence-corrected chi connectivity index (χ0v) is 16.9. The third kappa shape index (κ3) is 4.34. The number of H-pyrrole nitrogens is 1. The van der Waals surface area contributed by atoms with Gasteiger partial charge in [0, 0.05) is 18.5 Å². The number of carboxylic acid groups (broad SMARTS) is 1. The molecule has 0 radical (unpaired) electrons. The van der Waals surface area contributed by atoms with E-state index in [9.17, 15) is 14.7 Å². The average Bonchev–Trinajstić information content (AvgIpc) is 3.36. The van der Waals surface area contributed by atoms with Crippen LogP contribution < -0.4 is 11.1 Å². The van der Waals surface area contributed by atoms with E-state index in [0.717, 1.165) is 22.2 Å². The van der Waals surface area contributed by atoms with Crippen molar-refractivity contribution in [2.45, 2.75) is 25.9 Å². The fourth-order valence-electron chi connectivity index (χ4n) is 3.39. The first-order valence-electron chi connectivity index (χ1n) is 9.81. The number of rotatable bonds is 7. The van der Waals surface area contributed by atoms with Crippen LogP contribution >= 0.6 is 0 Å². The Labute approximate surface area is 178 Å². The summed E-state index contributed by atoms with van der Waals surface area (Å²) in [7, 11) is 0. The van der Waals surface area contributed by atoms with Gasteiger partial charge < -0.3 is 25.6 Å². The standard InChI is InChI=1S/C23H22N4O4/c1-13-16(10-20(31-13)15-8-6-14(12-24)7-9-15)22(28)27-19(23(29)30)11-21-25-17-4-2-3-5-18(17)26-21/h2-10,19H,11-12,24H2,1H3,(H,25,26)(H,27,28)(H,29,30)/t19-/m1/s1. The lowest BCUT2D eigenvalue weighted by Crippen LogP contribution is -2.42. The van der Waals surface area contributed by atoms with Crippen molar-refractivity contribution in [2.24, 2.45) is 5.73 Å². The first-order chi connectivity index (χ1) is 14.9. The van der Waals surface area contributed by atoms with Crippen LogP contribution in [-0.2, 0) is 17.8 Å². The highest BCUT2D eigenvalue weighted by Crippen LogP contribution is 2.26. The van der Waals surface area contributed by atoms with E-state index in [1.54, 1.807) is 13.0 Å². The number of nitrogens with zero attached hydrogens (tertiary/aromatic N) is 1. The molecule has 8 nitrogen and oxygen atoms in total. The van der Waals surface area contributed by atoms with E-state index in [4.69, 9.17) is 10.2 Å². The minimum Gasteiger partial charge on any atom is -0.480 e. The Morgan fingerprint density at radius 1 is 1.19 bits per heavy atom. The number of aromatic nitrogens is 2. The van der Waals surface area contributed by atoms with Crippen LogP contribution in [0.3, 0.4) is 0 Å². The fraction of sp³-hybridized carbons (Fsp3) is 0.174. The number of carbonyl (C=O) groups is 2. The number of hydrogen-bond donors (Lipinski definition) is 4. The van der Waals surface area contributed by atoms with Crippen LogP contribution in [0, 0.1) is 6.92 Å². The summed E-state index contributed by atoms with van der Waals surface area (Å²) in [5, 5.41) is 12.2. The molecule has 5 N–H and O–H groups in total. The molecule has 2 heterocycles. The normalized spacial score (nSPS) is 12.1. The smallest absolute Gasteiger partial charge is 0.326 e. The van der Waals surface area contributed by atoms with Gasteiger partial charge in [0.25, 0.3) is 5.91 Å². The van der Waals surface area contributed by atoms with Crippen molar-refractivity contribution >= 4 is 22.9 Å². The van der Waals surface area contributed by atoms with Crippen LogP contribution in [0.5, 0.6) is 0 Å². The van der Waals surface area contributed by atoms with Crippen molar-refractivity contribution in [3.63, 3.8) is 0 Å². The number of fused-ring (bicyclic) bond motifs is 1. The van der Waals surface area contributed by atoms with Crippen molar-refractivity contribution in [1.82, 2.24) is 15.3 Å². The zero-order chi connectivity index (χ0) is 22.0. The van der Waals surface area contributed by atoms with Gasteiger partial charge in [-0.25, -0.2) is 9.78 Å².